The fourth-order valence-electron chi connectivity index (χ4n) is 2.85. The maximum absolute atomic E-state index is 9.27. The monoisotopic (exact) mass is 242 g/mol. The predicted octanol–water partition coefficient (Wildman–Crippen LogP) is 3.46. The first-order valence-electron chi connectivity index (χ1n) is 6.99. The second-order valence-corrected chi connectivity index (χ2v) is 5.33. The van der Waals surface area contributed by atoms with E-state index in [4.69, 9.17) is 0 Å². The van der Waals surface area contributed by atoms with Gasteiger partial charge < -0.3 is 5.32 Å². The first-order chi connectivity index (χ1) is 8.81. The number of benzene rings is 1. The van der Waals surface area contributed by atoms with Crippen molar-refractivity contribution in [3.8, 4) is 6.07 Å². The Balaban J connectivity index is 1.86. The average Bonchev–Trinajstić information content (AvgIpc) is 2.94. The van der Waals surface area contributed by atoms with E-state index in [1.165, 1.54) is 25.7 Å². The van der Waals surface area contributed by atoms with Crippen molar-refractivity contribution in [2.45, 2.75) is 44.6 Å². The highest BCUT2D eigenvalue weighted by atomic mass is 14.9. The summed E-state index contributed by atoms with van der Waals surface area (Å²) in [7, 11) is 0. The Labute approximate surface area is 110 Å². The van der Waals surface area contributed by atoms with Crippen LogP contribution in [-0.4, -0.2) is 12.6 Å². The second-order valence-electron chi connectivity index (χ2n) is 5.33. The third kappa shape index (κ3) is 3.34. The largest absolute Gasteiger partial charge is 0.312 e. The van der Waals surface area contributed by atoms with Gasteiger partial charge in [-0.1, -0.05) is 43.2 Å². The summed E-state index contributed by atoms with van der Waals surface area (Å²) in [5.74, 6) is 0.773. The topological polar surface area (TPSA) is 35.8 Å². The van der Waals surface area contributed by atoms with Crippen LogP contribution >= 0.6 is 0 Å². The van der Waals surface area contributed by atoms with E-state index in [1.807, 2.05) is 30.3 Å². The van der Waals surface area contributed by atoms with Gasteiger partial charge in [-0.25, -0.2) is 0 Å². The fraction of sp³-hybridized carbons (Fsp3) is 0.562. The van der Waals surface area contributed by atoms with Crippen LogP contribution in [0.25, 0.3) is 0 Å². The van der Waals surface area contributed by atoms with E-state index in [0.717, 1.165) is 18.0 Å². The molecule has 2 nitrogen and oxygen atoms in total. The lowest BCUT2D eigenvalue weighted by Gasteiger charge is -2.22. The maximum Gasteiger partial charge on any atom is 0.0837 e. The number of hydrogen-bond donors (Lipinski definition) is 1. The summed E-state index contributed by atoms with van der Waals surface area (Å²) in [4.78, 5) is 0. The molecule has 0 radical (unpaired) electrons. The lowest BCUT2D eigenvalue weighted by molar-refractivity contribution is 0.380. The van der Waals surface area contributed by atoms with Gasteiger partial charge in [0.05, 0.1) is 12.0 Å². The molecule has 2 rings (SSSR count). The number of nitriles is 1. The number of hydrogen-bond acceptors (Lipinski definition) is 2. The smallest absolute Gasteiger partial charge is 0.0837 e. The van der Waals surface area contributed by atoms with Crippen molar-refractivity contribution in [3.05, 3.63) is 35.9 Å². The summed E-state index contributed by atoms with van der Waals surface area (Å²) in [6.07, 6.45) is 5.43. The Morgan fingerprint density at radius 1 is 1.28 bits per heavy atom. The zero-order valence-corrected chi connectivity index (χ0v) is 11.1. The molecule has 0 aromatic heterocycles. The third-order valence-electron chi connectivity index (χ3n) is 4.11. The molecule has 18 heavy (non-hydrogen) atoms. The Bertz CT molecular complexity index is 387. The molecular formula is C16H22N2. The summed E-state index contributed by atoms with van der Waals surface area (Å²) >= 11 is 0. The highest BCUT2D eigenvalue weighted by Crippen LogP contribution is 2.27. The summed E-state index contributed by atoms with van der Waals surface area (Å²) in [6.45, 7) is 3.02. The first-order valence-corrected chi connectivity index (χ1v) is 6.99. The van der Waals surface area contributed by atoms with E-state index in [9.17, 15) is 5.26 Å². The van der Waals surface area contributed by atoms with Crippen molar-refractivity contribution >= 4 is 0 Å². The summed E-state index contributed by atoms with van der Waals surface area (Å²) in [6, 6.07) is 13.0. The Hall–Kier alpha value is -1.33. The quantitative estimate of drug-likeness (QED) is 0.858. The highest BCUT2D eigenvalue weighted by Gasteiger charge is 2.22. The van der Waals surface area contributed by atoms with Gasteiger partial charge in [-0.05, 0) is 31.2 Å². The van der Waals surface area contributed by atoms with Crippen molar-refractivity contribution in [1.29, 1.82) is 5.26 Å². The van der Waals surface area contributed by atoms with Crippen LogP contribution in [0.3, 0.4) is 0 Å². The van der Waals surface area contributed by atoms with E-state index in [1.54, 1.807) is 0 Å². The molecule has 2 atom stereocenters. The minimum absolute atomic E-state index is 0.0324. The van der Waals surface area contributed by atoms with Gasteiger partial charge in [-0.15, -0.1) is 0 Å². The number of nitrogens with zero attached hydrogens (tertiary/aromatic N) is 1. The molecular weight excluding hydrogens is 220 g/mol. The predicted molar refractivity (Wildman–Crippen MR) is 74.2 cm³/mol. The van der Waals surface area contributed by atoms with Gasteiger partial charge in [0.2, 0.25) is 0 Å². The minimum Gasteiger partial charge on any atom is -0.312 e. The van der Waals surface area contributed by atoms with Crippen LogP contribution in [0.5, 0.6) is 0 Å². The Morgan fingerprint density at radius 3 is 2.56 bits per heavy atom. The van der Waals surface area contributed by atoms with Crippen molar-refractivity contribution in [2.75, 3.05) is 6.54 Å². The van der Waals surface area contributed by atoms with Gasteiger partial charge in [0.25, 0.3) is 0 Å². The van der Waals surface area contributed by atoms with Crippen LogP contribution in [0.1, 0.15) is 44.1 Å². The molecule has 2 heteroatoms. The molecule has 1 aliphatic carbocycles. The molecule has 1 unspecified atom stereocenters. The molecule has 1 N–H and O–H groups in total. The zero-order chi connectivity index (χ0) is 12.8. The van der Waals surface area contributed by atoms with Gasteiger partial charge in [-0.3, -0.25) is 0 Å². The zero-order valence-electron chi connectivity index (χ0n) is 11.1. The number of rotatable bonds is 5. The van der Waals surface area contributed by atoms with E-state index in [2.05, 4.69) is 18.3 Å². The van der Waals surface area contributed by atoms with E-state index >= 15 is 0 Å². The first kappa shape index (κ1) is 13.1. The molecule has 1 fully saturated rings. The molecule has 0 saturated heterocycles. The Morgan fingerprint density at radius 2 is 1.94 bits per heavy atom. The van der Waals surface area contributed by atoms with Crippen molar-refractivity contribution in [3.63, 3.8) is 0 Å². The summed E-state index contributed by atoms with van der Waals surface area (Å²) in [5.41, 5.74) is 1.12. The molecule has 0 spiro atoms. The van der Waals surface area contributed by atoms with E-state index in [0.29, 0.717) is 6.04 Å². The standard InChI is InChI=1S/C16H22N2/c1-13(14-7-5-6-8-14)18-12-16(11-17)15-9-3-2-4-10-15/h2-4,9-10,13-14,16,18H,5-8,12H2,1H3/t13-,16?/m0/s1. The SMILES string of the molecule is C[C@H](NCC(C#N)c1ccccc1)C1CCCC1. The van der Waals surface area contributed by atoms with Gasteiger partial charge in [0, 0.05) is 12.6 Å². The van der Waals surface area contributed by atoms with Crippen molar-refractivity contribution < 1.29 is 0 Å². The normalized spacial score (nSPS) is 19.3. The molecule has 96 valence electrons. The molecule has 0 aliphatic heterocycles. The van der Waals surface area contributed by atoms with E-state index in [-0.39, 0.29) is 5.92 Å². The lowest BCUT2D eigenvalue weighted by atomic mass is 9.97. The average molecular weight is 242 g/mol. The van der Waals surface area contributed by atoms with Crippen LogP contribution in [0, 0.1) is 17.2 Å². The molecule has 1 aliphatic rings. The molecule has 0 bridgehead atoms. The van der Waals surface area contributed by atoms with Gasteiger partial charge in [0.1, 0.15) is 0 Å². The Kier molecular flexibility index (Phi) is 4.78. The summed E-state index contributed by atoms with van der Waals surface area (Å²) < 4.78 is 0. The van der Waals surface area contributed by atoms with Crippen LogP contribution in [0.4, 0.5) is 0 Å². The van der Waals surface area contributed by atoms with Gasteiger partial charge in [-0.2, -0.15) is 5.26 Å². The fourth-order valence-corrected chi connectivity index (χ4v) is 2.85. The van der Waals surface area contributed by atoms with Crippen molar-refractivity contribution in [2.24, 2.45) is 5.92 Å². The number of nitrogens with one attached hydrogen (secondary N) is 1. The van der Waals surface area contributed by atoms with Crippen LogP contribution in [0.2, 0.25) is 0 Å². The molecule has 1 aromatic rings. The third-order valence-corrected chi connectivity index (χ3v) is 4.11. The van der Waals surface area contributed by atoms with Crippen molar-refractivity contribution in [1.82, 2.24) is 5.32 Å². The highest BCUT2D eigenvalue weighted by molar-refractivity contribution is 5.25. The summed E-state index contributed by atoms with van der Waals surface area (Å²) in [5, 5.41) is 12.8. The van der Waals surface area contributed by atoms with Gasteiger partial charge in [0.15, 0.2) is 0 Å². The molecule has 0 amide bonds. The van der Waals surface area contributed by atoms with Crippen LogP contribution in [0.15, 0.2) is 30.3 Å². The molecule has 1 saturated carbocycles. The minimum atomic E-state index is -0.0324. The second kappa shape index (κ2) is 6.56. The van der Waals surface area contributed by atoms with Crippen LogP contribution < -0.4 is 5.32 Å². The lowest BCUT2D eigenvalue weighted by Crippen LogP contribution is -2.35. The van der Waals surface area contributed by atoms with E-state index < -0.39 is 0 Å². The molecule has 1 aromatic carbocycles. The van der Waals surface area contributed by atoms with Crippen LogP contribution in [-0.2, 0) is 0 Å². The molecule has 0 heterocycles. The maximum atomic E-state index is 9.27. The van der Waals surface area contributed by atoms with Gasteiger partial charge >= 0.3 is 0 Å².